The van der Waals surface area contributed by atoms with Gasteiger partial charge in [0.1, 0.15) is 11.5 Å². The summed E-state index contributed by atoms with van der Waals surface area (Å²) in [6.07, 6.45) is 7.29. The minimum Gasteiger partial charge on any atom is -0.334 e. The van der Waals surface area contributed by atoms with Crippen molar-refractivity contribution in [2.24, 2.45) is 5.92 Å². The third-order valence-electron chi connectivity index (χ3n) is 4.36. The second-order valence-electron chi connectivity index (χ2n) is 5.50. The third kappa shape index (κ3) is 2.29. The van der Waals surface area contributed by atoms with Crippen LogP contribution in [0.25, 0.3) is 0 Å². The largest absolute Gasteiger partial charge is 0.334 e. The molecular weight excluding hydrogens is 242 g/mol. The van der Waals surface area contributed by atoms with Crippen molar-refractivity contribution in [3.05, 3.63) is 18.0 Å². The van der Waals surface area contributed by atoms with Crippen molar-refractivity contribution in [1.82, 2.24) is 15.1 Å². The van der Waals surface area contributed by atoms with Gasteiger partial charge in [-0.1, -0.05) is 0 Å². The highest BCUT2D eigenvalue weighted by atomic mass is 16.2. The SMILES string of the molecule is O=C1CCCC1C1CCCCN1C(=O)c1ccn[nH]1. The van der Waals surface area contributed by atoms with Gasteiger partial charge in [-0.05, 0) is 38.2 Å². The minimum atomic E-state index is -0.0121. The third-order valence-corrected chi connectivity index (χ3v) is 4.36. The van der Waals surface area contributed by atoms with Gasteiger partial charge in [-0.25, -0.2) is 0 Å². The van der Waals surface area contributed by atoms with Crippen LogP contribution in [-0.2, 0) is 4.79 Å². The van der Waals surface area contributed by atoms with Gasteiger partial charge in [0.05, 0.1) is 0 Å². The van der Waals surface area contributed by atoms with Gasteiger partial charge in [0.15, 0.2) is 0 Å². The molecule has 1 aromatic heterocycles. The lowest BCUT2D eigenvalue weighted by Crippen LogP contribution is -2.48. The monoisotopic (exact) mass is 261 g/mol. The summed E-state index contributed by atoms with van der Waals surface area (Å²) in [6.45, 7) is 0.756. The number of ketones is 1. The number of hydrogen-bond donors (Lipinski definition) is 1. The van der Waals surface area contributed by atoms with Crippen LogP contribution in [0.5, 0.6) is 0 Å². The molecule has 1 saturated heterocycles. The number of nitrogens with zero attached hydrogens (tertiary/aromatic N) is 2. The molecule has 0 aromatic carbocycles. The van der Waals surface area contributed by atoms with Gasteiger partial charge in [0, 0.05) is 31.1 Å². The zero-order valence-corrected chi connectivity index (χ0v) is 11.0. The van der Waals surface area contributed by atoms with Crippen LogP contribution in [-0.4, -0.2) is 39.4 Å². The van der Waals surface area contributed by atoms with Crippen LogP contribution < -0.4 is 0 Å². The molecule has 1 aromatic rings. The van der Waals surface area contributed by atoms with Gasteiger partial charge >= 0.3 is 0 Å². The van der Waals surface area contributed by atoms with E-state index in [1.54, 1.807) is 12.3 Å². The maximum Gasteiger partial charge on any atom is 0.272 e. The molecule has 1 N–H and O–H groups in total. The smallest absolute Gasteiger partial charge is 0.272 e. The number of carbonyl (C=O) groups is 2. The summed E-state index contributed by atoms with van der Waals surface area (Å²) in [7, 11) is 0. The zero-order chi connectivity index (χ0) is 13.2. The van der Waals surface area contributed by atoms with Crippen LogP contribution in [0.2, 0.25) is 0 Å². The Hall–Kier alpha value is -1.65. The molecule has 1 saturated carbocycles. The average Bonchev–Trinajstić information content (AvgIpc) is 3.09. The molecule has 2 aliphatic rings. The average molecular weight is 261 g/mol. The lowest BCUT2D eigenvalue weighted by molar-refractivity contribution is -0.122. The molecule has 1 aliphatic carbocycles. The number of likely N-dealkylation sites (tertiary alicyclic amines) is 1. The number of Topliss-reactive ketones (excluding diaryl/α,β-unsaturated/α-hetero) is 1. The summed E-state index contributed by atoms with van der Waals surface area (Å²) in [5.74, 6) is 0.392. The van der Waals surface area contributed by atoms with E-state index in [1.807, 2.05) is 4.90 Å². The fourth-order valence-electron chi connectivity index (χ4n) is 3.41. The van der Waals surface area contributed by atoms with E-state index >= 15 is 0 Å². The first-order valence-corrected chi connectivity index (χ1v) is 7.10. The Balaban J connectivity index is 1.81. The molecule has 19 heavy (non-hydrogen) atoms. The molecule has 2 unspecified atom stereocenters. The van der Waals surface area contributed by atoms with E-state index in [0.717, 1.165) is 38.6 Å². The zero-order valence-electron chi connectivity index (χ0n) is 11.0. The van der Waals surface area contributed by atoms with Crippen molar-refractivity contribution < 1.29 is 9.59 Å². The van der Waals surface area contributed by atoms with Gasteiger partial charge in [0.2, 0.25) is 0 Å². The van der Waals surface area contributed by atoms with Crippen molar-refractivity contribution >= 4 is 11.7 Å². The van der Waals surface area contributed by atoms with Crippen LogP contribution >= 0.6 is 0 Å². The lowest BCUT2D eigenvalue weighted by Gasteiger charge is -2.38. The number of rotatable bonds is 2. The van der Waals surface area contributed by atoms with E-state index < -0.39 is 0 Å². The fraction of sp³-hybridized carbons (Fsp3) is 0.643. The highest BCUT2D eigenvalue weighted by molar-refractivity contribution is 5.93. The fourth-order valence-corrected chi connectivity index (χ4v) is 3.41. The second kappa shape index (κ2) is 5.15. The summed E-state index contributed by atoms with van der Waals surface area (Å²) in [5, 5.41) is 6.57. The molecular formula is C14H19N3O2. The number of H-pyrrole nitrogens is 1. The Morgan fingerprint density at radius 2 is 2.21 bits per heavy atom. The summed E-state index contributed by atoms with van der Waals surface area (Å²) < 4.78 is 0. The van der Waals surface area contributed by atoms with E-state index in [-0.39, 0.29) is 17.9 Å². The first-order valence-electron chi connectivity index (χ1n) is 7.10. The maximum absolute atomic E-state index is 12.5. The predicted octanol–water partition coefficient (Wildman–Crippen LogP) is 1.77. The maximum atomic E-state index is 12.5. The number of amides is 1. The van der Waals surface area contributed by atoms with Crippen LogP contribution in [0.15, 0.2) is 12.3 Å². The standard InChI is InChI=1S/C14H19N3O2/c18-13-6-3-4-10(13)12-5-1-2-9-17(12)14(19)11-7-8-15-16-11/h7-8,10,12H,1-6,9H2,(H,15,16). The molecule has 2 atom stereocenters. The Kier molecular flexibility index (Phi) is 3.36. The number of carbonyl (C=O) groups excluding carboxylic acids is 2. The first kappa shape index (κ1) is 12.4. The lowest BCUT2D eigenvalue weighted by atomic mass is 9.88. The Labute approximate surface area is 112 Å². The molecule has 102 valence electrons. The van der Waals surface area contributed by atoms with Crippen molar-refractivity contribution in [2.45, 2.75) is 44.6 Å². The first-order chi connectivity index (χ1) is 9.27. The highest BCUT2D eigenvalue weighted by Gasteiger charge is 2.39. The van der Waals surface area contributed by atoms with Crippen LogP contribution in [0.1, 0.15) is 49.0 Å². The van der Waals surface area contributed by atoms with E-state index in [4.69, 9.17) is 0 Å². The summed E-state index contributed by atoms with van der Waals surface area (Å²) in [5.41, 5.74) is 0.525. The van der Waals surface area contributed by atoms with Crippen molar-refractivity contribution in [3.63, 3.8) is 0 Å². The molecule has 2 fully saturated rings. The van der Waals surface area contributed by atoms with Gasteiger partial charge in [-0.3, -0.25) is 14.7 Å². The molecule has 0 spiro atoms. The van der Waals surface area contributed by atoms with Gasteiger partial charge in [-0.2, -0.15) is 5.10 Å². The normalized spacial score (nSPS) is 27.8. The van der Waals surface area contributed by atoms with Crippen LogP contribution in [0.3, 0.4) is 0 Å². The minimum absolute atomic E-state index is 0.0121. The van der Waals surface area contributed by atoms with Crippen LogP contribution in [0.4, 0.5) is 0 Å². The quantitative estimate of drug-likeness (QED) is 0.882. The second-order valence-corrected chi connectivity index (χ2v) is 5.50. The molecule has 5 heteroatoms. The highest BCUT2D eigenvalue weighted by Crippen LogP contribution is 2.33. The van der Waals surface area contributed by atoms with Gasteiger partial charge in [-0.15, -0.1) is 0 Å². The Bertz CT molecular complexity index is 469. The van der Waals surface area contributed by atoms with Crippen LogP contribution in [0, 0.1) is 5.92 Å². The molecule has 0 radical (unpaired) electrons. The van der Waals surface area contributed by atoms with Gasteiger partial charge in [0.25, 0.3) is 5.91 Å². The Morgan fingerprint density at radius 1 is 1.32 bits per heavy atom. The molecule has 0 bridgehead atoms. The van der Waals surface area contributed by atoms with E-state index in [2.05, 4.69) is 10.2 Å². The molecule has 3 rings (SSSR count). The van der Waals surface area contributed by atoms with E-state index in [9.17, 15) is 9.59 Å². The summed E-state index contributed by atoms with van der Waals surface area (Å²) in [6, 6.07) is 1.80. The Morgan fingerprint density at radius 3 is 2.89 bits per heavy atom. The van der Waals surface area contributed by atoms with Crippen molar-refractivity contribution in [2.75, 3.05) is 6.54 Å². The summed E-state index contributed by atoms with van der Waals surface area (Å²) >= 11 is 0. The topological polar surface area (TPSA) is 66.1 Å². The summed E-state index contributed by atoms with van der Waals surface area (Å²) in [4.78, 5) is 26.3. The number of aromatic amines is 1. The van der Waals surface area contributed by atoms with Crippen molar-refractivity contribution in [1.29, 1.82) is 0 Å². The number of piperidine rings is 1. The molecule has 1 amide bonds. The van der Waals surface area contributed by atoms with Gasteiger partial charge < -0.3 is 4.90 Å². The number of hydrogen-bond acceptors (Lipinski definition) is 3. The number of aromatic nitrogens is 2. The van der Waals surface area contributed by atoms with E-state index in [0.29, 0.717) is 17.9 Å². The molecule has 1 aliphatic heterocycles. The number of nitrogens with one attached hydrogen (secondary N) is 1. The van der Waals surface area contributed by atoms with E-state index in [1.165, 1.54) is 0 Å². The molecule has 5 nitrogen and oxygen atoms in total. The van der Waals surface area contributed by atoms with Crippen molar-refractivity contribution in [3.8, 4) is 0 Å². The predicted molar refractivity (Wildman–Crippen MR) is 69.6 cm³/mol. The molecule has 2 heterocycles.